The molecule has 0 atom stereocenters. The molecule has 2 N–H and O–H groups in total. The van der Waals surface area contributed by atoms with Crippen LogP contribution in [-0.4, -0.2) is 41.9 Å². The highest BCUT2D eigenvalue weighted by Gasteiger charge is 2.33. The maximum atomic E-state index is 13.2. The van der Waals surface area contributed by atoms with Gasteiger partial charge in [0.1, 0.15) is 0 Å². The molecule has 0 aliphatic carbocycles. The van der Waals surface area contributed by atoms with Gasteiger partial charge in [-0.15, -0.1) is 11.3 Å². The molecule has 31 heavy (non-hydrogen) atoms. The molecular weight excluding hydrogens is 432 g/mol. The van der Waals surface area contributed by atoms with Crippen molar-refractivity contribution in [2.45, 2.75) is 38.5 Å². The molecule has 0 saturated carbocycles. The Balaban J connectivity index is 1.40. The Kier molecular flexibility index (Phi) is 6.00. The van der Waals surface area contributed by atoms with Crippen LogP contribution in [0.5, 0.6) is 0 Å². The van der Waals surface area contributed by atoms with E-state index in [0.29, 0.717) is 36.6 Å². The maximum absolute atomic E-state index is 13.2. The van der Waals surface area contributed by atoms with Crippen molar-refractivity contribution in [2.24, 2.45) is 5.92 Å². The number of rotatable bonds is 5. The van der Waals surface area contributed by atoms with Gasteiger partial charge in [0.15, 0.2) is 5.82 Å². The smallest absolute Gasteiger partial charge is 0.243 e. The summed E-state index contributed by atoms with van der Waals surface area (Å²) < 4.78 is 28.0. The van der Waals surface area contributed by atoms with Gasteiger partial charge in [-0.25, -0.2) is 8.42 Å². The molecular formula is C22H26N4O3S2. The number of piperidine rings is 1. The Labute approximate surface area is 186 Å². The number of H-pyrrole nitrogens is 1. The lowest BCUT2D eigenvalue weighted by Crippen LogP contribution is -2.41. The Morgan fingerprint density at radius 1 is 1.16 bits per heavy atom. The number of hydrogen-bond donors (Lipinski definition) is 2. The molecule has 0 bridgehead atoms. The van der Waals surface area contributed by atoms with Crippen LogP contribution in [0.2, 0.25) is 0 Å². The van der Waals surface area contributed by atoms with E-state index in [1.54, 1.807) is 11.3 Å². The van der Waals surface area contributed by atoms with E-state index in [1.165, 1.54) is 4.31 Å². The van der Waals surface area contributed by atoms with Crippen molar-refractivity contribution in [3.8, 4) is 10.6 Å². The van der Waals surface area contributed by atoms with E-state index in [0.717, 1.165) is 27.3 Å². The summed E-state index contributed by atoms with van der Waals surface area (Å²) in [6, 6.07) is 9.55. The third-order valence-corrected chi connectivity index (χ3v) is 8.75. The number of thiophene rings is 1. The fourth-order valence-corrected chi connectivity index (χ4v) is 6.81. The van der Waals surface area contributed by atoms with Crippen molar-refractivity contribution in [3.63, 3.8) is 0 Å². The van der Waals surface area contributed by atoms with Crippen molar-refractivity contribution in [1.82, 2.24) is 14.5 Å². The monoisotopic (exact) mass is 458 g/mol. The molecule has 1 fully saturated rings. The first-order valence-electron chi connectivity index (χ1n) is 10.2. The summed E-state index contributed by atoms with van der Waals surface area (Å²) in [7, 11) is -3.58. The molecule has 1 amide bonds. The molecule has 0 radical (unpaired) electrons. The number of amides is 1. The fourth-order valence-electron chi connectivity index (χ4n) is 4.23. The first-order chi connectivity index (χ1) is 14.8. The molecule has 3 aromatic rings. The summed E-state index contributed by atoms with van der Waals surface area (Å²) in [6.45, 7) is 6.29. The molecule has 4 rings (SSSR count). The number of carbonyl (C=O) groups is 1. The number of nitrogens with one attached hydrogen (secondary N) is 2. The zero-order valence-corrected chi connectivity index (χ0v) is 19.4. The molecule has 1 aliphatic heterocycles. The Morgan fingerprint density at radius 3 is 2.45 bits per heavy atom. The van der Waals surface area contributed by atoms with Gasteiger partial charge in [-0.1, -0.05) is 23.8 Å². The summed E-state index contributed by atoms with van der Waals surface area (Å²) in [5.74, 6) is 0.117. The van der Waals surface area contributed by atoms with Gasteiger partial charge in [-0.3, -0.25) is 9.89 Å². The molecule has 3 heterocycles. The van der Waals surface area contributed by atoms with Gasteiger partial charge in [0.2, 0.25) is 15.9 Å². The lowest BCUT2D eigenvalue weighted by Gasteiger charge is -2.31. The molecule has 0 unspecified atom stereocenters. The molecule has 9 heteroatoms. The number of hydrogen-bond acceptors (Lipinski definition) is 5. The van der Waals surface area contributed by atoms with Crippen LogP contribution in [0.15, 0.2) is 40.6 Å². The highest BCUT2D eigenvalue weighted by Crippen LogP contribution is 2.30. The van der Waals surface area contributed by atoms with Crippen molar-refractivity contribution in [1.29, 1.82) is 0 Å². The van der Waals surface area contributed by atoms with Gasteiger partial charge in [-0.2, -0.15) is 9.40 Å². The third kappa shape index (κ3) is 4.44. The minimum Gasteiger partial charge on any atom is -0.309 e. The first kappa shape index (κ1) is 21.7. The normalized spacial score (nSPS) is 15.8. The number of benzene rings is 1. The van der Waals surface area contributed by atoms with Crippen LogP contribution in [0.25, 0.3) is 10.6 Å². The van der Waals surface area contributed by atoms with Crippen LogP contribution in [0, 0.1) is 26.7 Å². The van der Waals surface area contributed by atoms with Crippen LogP contribution in [0.3, 0.4) is 0 Å². The van der Waals surface area contributed by atoms with Gasteiger partial charge in [0.05, 0.1) is 15.5 Å². The Bertz CT molecular complexity index is 1170. The van der Waals surface area contributed by atoms with Crippen LogP contribution in [-0.2, 0) is 14.8 Å². The maximum Gasteiger partial charge on any atom is 0.243 e. The lowest BCUT2D eigenvalue weighted by atomic mass is 9.97. The van der Waals surface area contributed by atoms with E-state index in [-0.39, 0.29) is 11.8 Å². The summed E-state index contributed by atoms with van der Waals surface area (Å²) in [4.78, 5) is 14.1. The third-order valence-electron chi connectivity index (χ3n) is 5.64. The van der Waals surface area contributed by atoms with Crippen LogP contribution >= 0.6 is 11.3 Å². The van der Waals surface area contributed by atoms with E-state index in [2.05, 4.69) is 15.5 Å². The topological polar surface area (TPSA) is 95.2 Å². The van der Waals surface area contributed by atoms with Crippen molar-refractivity contribution < 1.29 is 13.2 Å². The average molecular weight is 459 g/mol. The second-order valence-electron chi connectivity index (χ2n) is 8.04. The molecule has 0 spiro atoms. The number of sulfonamides is 1. The number of aryl methyl sites for hydroxylation is 3. The van der Waals surface area contributed by atoms with Crippen LogP contribution in [0.4, 0.5) is 5.82 Å². The molecule has 2 aromatic heterocycles. The molecule has 164 valence electrons. The lowest BCUT2D eigenvalue weighted by molar-refractivity contribution is -0.120. The van der Waals surface area contributed by atoms with Crippen LogP contribution in [0.1, 0.15) is 29.5 Å². The quantitative estimate of drug-likeness (QED) is 0.602. The first-order valence-corrected chi connectivity index (χ1v) is 12.6. The zero-order valence-electron chi connectivity index (χ0n) is 17.8. The average Bonchev–Trinajstić information content (AvgIpc) is 3.38. The number of anilines is 1. The summed E-state index contributed by atoms with van der Waals surface area (Å²) in [5.41, 5.74) is 3.43. The van der Waals surface area contributed by atoms with Gasteiger partial charge in [0.25, 0.3) is 0 Å². The second-order valence-corrected chi connectivity index (χ2v) is 10.9. The Morgan fingerprint density at radius 2 is 1.84 bits per heavy atom. The highest BCUT2D eigenvalue weighted by molar-refractivity contribution is 7.89. The standard InChI is InChI=1S/C22H26N4O3S2/c1-14-11-15(2)21(16(3)12-14)31(28,29)26-8-6-17(7-9-26)22(27)23-20-13-18(24-25-20)19-5-4-10-30-19/h4-5,10-13,17H,6-9H2,1-3H3,(H2,23,24,25,27). The van der Waals surface area contributed by atoms with Crippen molar-refractivity contribution in [3.05, 3.63) is 52.4 Å². The van der Waals surface area contributed by atoms with Crippen LogP contribution < -0.4 is 5.32 Å². The summed E-state index contributed by atoms with van der Waals surface area (Å²) in [5, 5.41) is 11.9. The highest BCUT2D eigenvalue weighted by atomic mass is 32.2. The summed E-state index contributed by atoms with van der Waals surface area (Å²) in [6.07, 6.45) is 0.967. The molecule has 1 aromatic carbocycles. The van der Waals surface area contributed by atoms with Crippen molar-refractivity contribution >= 4 is 33.1 Å². The molecule has 7 nitrogen and oxygen atoms in total. The van der Waals surface area contributed by atoms with E-state index < -0.39 is 10.0 Å². The van der Waals surface area contributed by atoms with Crippen molar-refractivity contribution in [2.75, 3.05) is 18.4 Å². The number of aromatic nitrogens is 2. The van der Waals surface area contributed by atoms with E-state index in [4.69, 9.17) is 0 Å². The predicted molar refractivity (Wildman–Crippen MR) is 123 cm³/mol. The summed E-state index contributed by atoms with van der Waals surface area (Å²) >= 11 is 1.59. The van der Waals surface area contributed by atoms with Gasteiger partial charge in [0, 0.05) is 25.1 Å². The molecule has 1 saturated heterocycles. The number of aromatic amines is 1. The van der Waals surface area contributed by atoms with Gasteiger partial charge >= 0.3 is 0 Å². The number of nitrogens with zero attached hydrogens (tertiary/aromatic N) is 2. The van der Waals surface area contributed by atoms with Gasteiger partial charge < -0.3 is 5.32 Å². The largest absolute Gasteiger partial charge is 0.309 e. The molecule has 1 aliphatic rings. The van der Waals surface area contributed by atoms with Gasteiger partial charge in [-0.05, 0) is 56.2 Å². The van der Waals surface area contributed by atoms with E-state index in [1.807, 2.05) is 56.5 Å². The zero-order chi connectivity index (χ0) is 22.2. The number of carbonyl (C=O) groups excluding carboxylic acids is 1. The van der Waals surface area contributed by atoms with E-state index in [9.17, 15) is 13.2 Å². The van der Waals surface area contributed by atoms with E-state index >= 15 is 0 Å². The fraction of sp³-hybridized carbons (Fsp3) is 0.364. The minimum atomic E-state index is -3.58. The minimum absolute atomic E-state index is 0.121. The Hall–Kier alpha value is -2.49. The predicted octanol–water partition coefficient (Wildman–Crippen LogP) is 4.10. The SMILES string of the molecule is Cc1cc(C)c(S(=O)(=O)N2CCC(C(=O)Nc3cc(-c4cccs4)[nH]n3)CC2)c(C)c1. The second kappa shape index (κ2) is 8.57.